The van der Waals surface area contributed by atoms with Crippen LogP contribution in [0.2, 0.25) is 0 Å². The largest absolute Gasteiger partial charge is 0.458 e. The van der Waals surface area contributed by atoms with Crippen LogP contribution in [0.4, 0.5) is 4.79 Å². The van der Waals surface area contributed by atoms with Crippen LogP contribution in [-0.4, -0.2) is 65.2 Å². The summed E-state index contributed by atoms with van der Waals surface area (Å²) >= 11 is 0. The van der Waals surface area contributed by atoms with E-state index in [1.807, 2.05) is 0 Å². The van der Waals surface area contributed by atoms with Crippen molar-refractivity contribution >= 4 is 45.5 Å². The number of carbonyl (C=O) groups excluding carboxylic acids is 4. The summed E-state index contributed by atoms with van der Waals surface area (Å²) in [5.41, 5.74) is -2.16. The average molecular weight is 504 g/mol. The molecule has 3 N–H and O–H groups in total. The van der Waals surface area contributed by atoms with E-state index < -0.39 is 40.8 Å². The molecule has 1 saturated heterocycles. The molecule has 0 aromatic heterocycles. The summed E-state index contributed by atoms with van der Waals surface area (Å²) in [5.74, 6) is -0.544. The third-order valence-electron chi connectivity index (χ3n) is 5.20. The number of ether oxygens (including phenoxy) is 2. The van der Waals surface area contributed by atoms with Gasteiger partial charge in [-0.25, -0.2) is 9.59 Å². The highest BCUT2D eigenvalue weighted by molar-refractivity contribution is 8.76. The number of alkyl carbamates (subject to hydrolysis) is 1. The lowest BCUT2D eigenvalue weighted by molar-refractivity contribution is -0.158. The van der Waals surface area contributed by atoms with Gasteiger partial charge in [-0.15, -0.1) is 0 Å². The number of nitrogens with one attached hydrogen (secondary N) is 3. The Kier molecular flexibility index (Phi) is 9.38. The molecule has 1 aliphatic heterocycles. The van der Waals surface area contributed by atoms with Crippen LogP contribution in [0.25, 0.3) is 0 Å². The highest BCUT2D eigenvalue weighted by Crippen LogP contribution is 2.38. The molecule has 1 spiro atoms. The first-order valence-electron chi connectivity index (χ1n) is 11.3. The summed E-state index contributed by atoms with van der Waals surface area (Å²) in [6.45, 7) is 10.7. The lowest BCUT2D eigenvalue weighted by atomic mass is 9.84. The zero-order valence-corrected chi connectivity index (χ0v) is 22.0. The predicted molar refractivity (Wildman–Crippen MR) is 130 cm³/mol. The highest BCUT2D eigenvalue weighted by Gasteiger charge is 2.44. The molecule has 11 heteroatoms. The Bertz CT molecular complexity index is 741. The Morgan fingerprint density at radius 3 is 2.12 bits per heavy atom. The van der Waals surface area contributed by atoms with Gasteiger partial charge in [-0.1, -0.05) is 34.4 Å². The molecule has 2 aliphatic rings. The van der Waals surface area contributed by atoms with Crippen LogP contribution in [0.5, 0.6) is 0 Å². The van der Waals surface area contributed by atoms with Gasteiger partial charge in [0.2, 0.25) is 11.8 Å². The predicted octanol–water partition coefficient (Wildman–Crippen LogP) is 2.78. The second-order valence-electron chi connectivity index (χ2n) is 10.5. The molecule has 1 unspecified atom stereocenters. The number of hydrogen-bond acceptors (Lipinski definition) is 8. The van der Waals surface area contributed by atoms with Gasteiger partial charge >= 0.3 is 12.1 Å². The van der Waals surface area contributed by atoms with Crippen LogP contribution < -0.4 is 16.0 Å². The molecule has 2 atom stereocenters. The van der Waals surface area contributed by atoms with Crippen molar-refractivity contribution in [2.45, 2.75) is 90.5 Å². The topological polar surface area (TPSA) is 123 Å². The van der Waals surface area contributed by atoms with Crippen LogP contribution in [0.1, 0.15) is 67.2 Å². The van der Waals surface area contributed by atoms with E-state index in [2.05, 4.69) is 16.0 Å². The quantitative estimate of drug-likeness (QED) is 0.388. The van der Waals surface area contributed by atoms with Gasteiger partial charge in [-0.2, -0.15) is 0 Å². The van der Waals surface area contributed by atoms with Crippen molar-refractivity contribution in [2.75, 3.05) is 18.1 Å². The Morgan fingerprint density at radius 2 is 1.55 bits per heavy atom. The van der Waals surface area contributed by atoms with E-state index >= 15 is 0 Å². The van der Waals surface area contributed by atoms with Crippen molar-refractivity contribution in [3.63, 3.8) is 0 Å². The van der Waals surface area contributed by atoms with E-state index in [4.69, 9.17) is 9.47 Å². The SMILES string of the molecule is CC(C)(C)OC(=O)NC1CSSC[C@@H](C(=O)OC(C)(C)C)NC(=O)C2(CCCC2)CNC1=O. The van der Waals surface area contributed by atoms with E-state index in [1.54, 1.807) is 41.5 Å². The molecule has 2 fully saturated rings. The molecule has 2 rings (SSSR count). The monoisotopic (exact) mass is 503 g/mol. The van der Waals surface area contributed by atoms with Gasteiger partial charge in [0.1, 0.15) is 23.3 Å². The molecule has 3 amide bonds. The van der Waals surface area contributed by atoms with Crippen molar-refractivity contribution in [2.24, 2.45) is 5.41 Å². The van der Waals surface area contributed by atoms with Crippen molar-refractivity contribution in [1.29, 1.82) is 0 Å². The Labute approximate surface area is 204 Å². The van der Waals surface area contributed by atoms with Crippen molar-refractivity contribution < 1.29 is 28.7 Å². The molecule has 0 aromatic rings. The molecular weight excluding hydrogens is 466 g/mol. The van der Waals surface area contributed by atoms with Gasteiger partial charge in [-0.3, -0.25) is 9.59 Å². The summed E-state index contributed by atoms with van der Waals surface area (Å²) in [6.07, 6.45) is 2.29. The molecule has 1 heterocycles. The third-order valence-corrected chi connectivity index (χ3v) is 7.62. The van der Waals surface area contributed by atoms with Crippen LogP contribution in [0.3, 0.4) is 0 Å². The number of hydrogen-bond donors (Lipinski definition) is 3. The fourth-order valence-corrected chi connectivity index (χ4v) is 5.95. The average Bonchev–Trinajstić information content (AvgIpc) is 3.14. The third kappa shape index (κ3) is 8.92. The maximum atomic E-state index is 13.3. The number of amides is 3. The highest BCUT2D eigenvalue weighted by atomic mass is 33.1. The lowest BCUT2D eigenvalue weighted by Gasteiger charge is -2.32. The second kappa shape index (κ2) is 11.2. The van der Waals surface area contributed by atoms with Crippen molar-refractivity contribution in [3.05, 3.63) is 0 Å². The van der Waals surface area contributed by atoms with Gasteiger partial charge in [-0.05, 0) is 54.4 Å². The molecule has 1 saturated carbocycles. The zero-order chi connectivity index (χ0) is 24.9. The second-order valence-corrected chi connectivity index (χ2v) is 13.1. The Balaban J connectivity index is 2.19. The van der Waals surface area contributed by atoms with E-state index in [-0.39, 0.29) is 29.9 Å². The smallest absolute Gasteiger partial charge is 0.408 e. The van der Waals surface area contributed by atoms with E-state index in [1.165, 1.54) is 21.6 Å². The van der Waals surface area contributed by atoms with Gasteiger partial charge < -0.3 is 25.4 Å². The molecule has 188 valence electrons. The normalized spacial score (nSPS) is 24.7. The van der Waals surface area contributed by atoms with Gasteiger partial charge in [0.05, 0.1) is 5.41 Å². The Morgan fingerprint density at radius 1 is 0.970 bits per heavy atom. The van der Waals surface area contributed by atoms with Gasteiger partial charge in [0.15, 0.2) is 0 Å². The molecule has 0 radical (unpaired) electrons. The first-order chi connectivity index (χ1) is 15.2. The van der Waals surface area contributed by atoms with Gasteiger partial charge in [0.25, 0.3) is 0 Å². The Hall–Kier alpha value is -1.62. The van der Waals surface area contributed by atoms with E-state index in [9.17, 15) is 19.2 Å². The van der Waals surface area contributed by atoms with E-state index in [0.29, 0.717) is 12.8 Å². The first-order valence-corrected chi connectivity index (χ1v) is 13.8. The van der Waals surface area contributed by atoms with Crippen LogP contribution in [-0.2, 0) is 23.9 Å². The number of carbonyl (C=O) groups is 4. The molecule has 33 heavy (non-hydrogen) atoms. The summed E-state index contributed by atoms with van der Waals surface area (Å²) in [7, 11) is 2.67. The van der Waals surface area contributed by atoms with Crippen LogP contribution in [0, 0.1) is 5.41 Å². The minimum Gasteiger partial charge on any atom is -0.458 e. The summed E-state index contributed by atoms with van der Waals surface area (Å²) in [5, 5.41) is 8.37. The fourth-order valence-electron chi connectivity index (χ4n) is 3.63. The summed E-state index contributed by atoms with van der Waals surface area (Å²) in [6, 6.07) is -1.64. The standard InChI is InChI=1S/C22H37N3O6S2/c1-20(2,3)30-17(27)15-12-33-32-11-14(25-19(29)31-21(4,5)6)16(26)23-13-22(18(28)24-15)9-7-8-10-22/h14-15H,7-13H2,1-6H3,(H,23,26)(H,24,28)(H,25,29)/t14?,15-/m0/s1. The van der Waals surface area contributed by atoms with Crippen molar-refractivity contribution in [1.82, 2.24) is 16.0 Å². The molecule has 1 aliphatic carbocycles. The summed E-state index contributed by atoms with van der Waals surface area (Å²) < 4.78 is 10.8. The first kappa shape index (κ1) is 27.6. The van der Waals surface area contributed by atoms with Crippen LogP contribution >= 0.6 is 21.6 Å². The number of rotatable bonds is 2. The molecular formula is C22H37N3O6S2. The molecule has 0 aromatic carbocycles. The van der Waals surface area contributed by atoms with E-state index in [0.717, 1.165) is 12.8 Å². The minimum absolute atomic E-state index is 0.142. The van der Waals surface area contributed by atoms with Crippen LogP contribution in [0.15, 0.2) is 0 Å². The number of esters is 1. The lowest BCUT2D eigenvalue weighted by Crippen LogP contribution is -2.56. The fraction of sp³-hybridized carbons (Fsp3) is 0.818. The minimum atomic E-state index is -0.835. The molecule has 0 bridgehead atoms. The maximum absolute atomic E-state index is 13.3. The molecule has 9 nitrogen and oxygen atoms in total. The zero-order valence-electron chi connectivity index (χ0n) is 20.4. The van der Waals surface area contributed by atoms with Gasteiger partial charge in [0, 0.05) is 18.1 Å². The van der Waals surface area contributed by atoms with Crippen molar-refractivity contribution in [3.8, 4) is 0 Å². The maximum Gasteiger partial charge on any atom is 0.408 e. The summed E-state index contributed by atoms with van der Waals surface area (Å²) in [4.78, 5) is 51.2.